The number of para-hydroxylation sites is 1. The molecule has 1 aliphatic carbocycles. The Hall–Kier alpha value is -1.93. The monoisotopic (exact) mass is 312 g/mol. The van der Waals surface area contributed by atoms with Crippen LogP contribution in [0.2, 0.25) is 0 Å². The fourth-order valence-corrected chi connectivity index (χ4v) is 3.19. The zero-order valence-electron chi connectivity index (χ0n) is 11.2. The zero-order chi connectivity index (χ0) is 15.6. The number of carbonyl (C=O) groups is 2. The molecule has 4 N–H and O–H groups in total. The van der Waals surface area contributed by atoms with Gasteiger partial charge in [-0.1, -0.05) is 12.1 Å². The molecule has 1 fully saturated rings. The number of nitrogens with one attached hydrogen (secondary N) is 1. The van der Waals surface area contributed by atoms with Gasteiger partial charge in [-0.25, -0.2) is 13.6 Å². The van der Waals surface area contributed by atoms with Crippen molar-refractivity contribution < 1.29 is 23.1 Å². The van der Waals surface area contributed by atoms with Crippen LogP contribution in [0.4, 0.5) is 5.69 Å². The van der Waals surface area contributed by atoms with E-state index in [4.69, 9.17) is 10.2 Å². The molecule has 0 heterocycles. The highest BCUT2D eigenvalue weighted by atomic mass is 32.2. The van der Waals surface area contributed by atoms with Crippen LogP contribution in [0.3, 0.4) is 0 Å². The van der Waals surface area contributed by atoms with Crippen LogP contribution in [-0.4, -0.2) is 25.4 Å². The first-order chi connectivity index (χ1) is 9.79. The molecule has 1 aromatic rings. The standard InChI is InChI=1S/C13H16N2O5S/c14-21(19,20)11-4-2-1-3-10(11)15-12(16)8-5-6-9(7-8)13(17)18/h1-4,8-9H,5-7H2,(H,15,16)(H,17,18)(H2,14,19,20)/t8-,9+/m1/s1. The highest BCUT2D eigenvalue weighted by molar-refractivity contribution is 7.89. The average molecular weight is 312 g/mol. The molecule has 21 heavy (non-hydrogen) atoms. The molecule has 0 bridgehead atoms. The van der Waals surface area contributed by atoms with Crippen molar-refractivity contribution in [2.75, 3.05) is 5.32 Å². The number of carbonyl (C=O) groups excluding carboxylic acids is 1. The maximum atomic E-state index is 12.1. The third kappa shape index (κ3) is 3.59. The van der Waals surface area contributed by atoms with Gasteiger partial charge in [0.2, 0.25) is 15.9 Å². The number of nitrogens with two attached hydrogens (primary N) is 1. The summed E-state index contributed by atoms with van der Waals surface area (Å²) < 4.78 is 22.9. The zero-order valence-corrected chi connectivity index (χ0v) is 12.0. The molecule has 0 unspecified atom stereocenters. The van der Waals surface area contributed by atoms with Crippen LogP contribution in [0.15, 0.2) is 29.2 Å². The molecule has 1 aliphatic rings. The maximum absolute atomic E-state index is 12.1. The Bertz CT molecular complexity index is 671. The minimum atomic E-state index is -3.94. The number of hydrogen-bond donors (Lipinski definition) is 3. The summed E-state index contributed by atoms with van der Waals surface area (Å²) >= 11 is 0. The van der Waals surface area contributed by atoms with Gasteiger partial charge in [0.15, 0.2) is 0 Å². The van der Waals surface area contributed by atoms with Crippen molar-refractivity contribution in [2.24, 2.45) is 17.0 Å². The molecular weight excluding hydrogens is 296 g/mol. The summed E-state index contributed by atoms with van der Waals surface area (Å²) in [4.78, 5) is 22.8. The molecule has 0 aliphatic heterocycles. The number of aliphatic carboxylic acids is 1. The molecule has 2 atom stereocenters. The Morgan fingerprint density at radius 2 is 1.81 bits per heavy atom. The van der Waals surface area contributed by atoms with Gasteiger partial charge >= 0.3 is 5.97 Å². The summed E-state index contributed by atoms with van der Waals surface area (Å²) in [5.41, 5.74) is 0.115. The highest BCUT2D eigenvalue weighted by Crippen LogP contribution is 2.32. The van der Waals surface area contributed by atoms with E-state index in [0.717, 1.165) is 0 Å². The normalized spacial score (nSPS) is 22.0. The summed E-state index contributed by atoms with van der Waals surface area (Å²) in [6, 6.07) is 5.84. The fourth-order valence-electron chi connectivity index (χ4n) is 2.50. The van der Waals surface area contributed by atoms with Gasteiger partial charge in [0.1, 0.15) is 4.90 Å². The molecule has 0 radical (unpaired) electrons. The minimum Gasteiger partial charge on any atom is -0.481 e. The second kappa shape index (κ2) is 5.82. The Labute approximate surface area is 122 Å². The Kier molecular flexibility index (Phi) is 4.29. The molecule has 8 heteroatoms. The van der Waals surface area contributed by atoms with Crippen LogP contribution >= 0.6 is 0 Å². The maximum Gasteiger partial charge on any atom is 0.306 e. The Morgan fingerprint density at radius 3 is 2.38 bits per heavy atom. The quantitative estimate of drug-likeness (QED) is 0.757. The second-order valence-corrected chi connectivity index (χ2v) is 6.61. The van der Waals surface area contributed by atoms with Gasteiger partial charge in [-0.05, 0) is 31.4 Å². The number of carboxylic acids is 1. The number of hydrogen-bond acceptors (Lipinski definition) is 4. The summed E-state index contributed by atoms with van der Waals surface area (Å²) in [6.45, 7) is 0. The van der Waals surface area contributed by atoms with Gasteiger partial charge in [-0.2, -0.15) is 0 Å². The summed E-state index contributed by atoms with van der Waals surface area (Å²) in [7, 11) is -3.94. The molecule has 0 spiro atoms. The summed E-state index contributed by atoms with van der Waals surface area (Å²) in [6.07, 6.45) is 1.18. The van der Waals surface area contributed by atoms with E-state index in [1.54, 1.807) is 6.07 Å². The average Bonchev–Trinajstić information content (AvgIpc) is 2.88. The van der Waals surface area contributed by atoms with Gasteiger partial charge in [0.25, 0.3) is 0 Å². The number of sulfonamides is 1. The minimum absolute atomic E-state index is 0.115. The predicted molar refractivity (Wildman–Crippen MR) is 74.9 cm³/mol. The Balaban J connectivity index is 2.13. The lowest BCUT2D eigenvalue weighted by atomic mass is 10.0. The van der Waals surface area contributed by atoms with Crippen molar-refractivity contribution in [3.63, 3.8) is 0 Å². The molecule has 1 amide bonds. The smallest absolute Gasteiger partial charge is 0.306 e. The summed E-state index contributed by atoms with van der Waals surface area (Å²) in [5, 5.41) is 16.5. The number of rotatable bonds is 4. The molecule has 0 aromatic heterocycles. The van der Waals surface area contributed by atoms with Gasteiger partial charge in [-0.15, -0.1) is 0 Å². The first-order valence-electron chi connectivity index (χ1n) is 6.44. The number of amides is 1. The second-order valence-electron chi connectivity index (χ2n) is 5.08. The van der Waals surface area contributed by atoms with Crippen molar-refractivity contribution in [1.82, 2.24) is 0 Å². The molecular formula is C13H16N2O5S. The number of anilines is 1. The van der Waals surface area contributed by atoms with Crippen LogP contribution in [0.1, 0.15) is 19.3 Å². The molecule has 1 aromatic carbocycles. The Morgan fingerprint density at radius 1 is 1.19 bits per heavy atom. The molecule has 114 valence electrons. The third-order valence-corrected chi connectivity index (χ3v) is 4.57. The lowest BCUT2D eigenvalue weighted by molar-refractivity contribution is -0.141. The molecule has 7 nitrogen and oxygen atoms in total. The van der Waals surface area contributed by atoms with Crippen molar-refractivity contribution in [3.05, 3.63) is 24.3 Å². The van der Waals surface area contributed by atoms with E-state index in [2.05, 4.69) is 5.32 Å². The predicted octanol–water partition coefficient (Wildman–Crippen LogP) is 0.773. The van der Waals surface area contributed by atoms with Crippen LogP contribution < -0.4 is 10.5 Å². The van der Waals surface area contributed by atoms with Crippen LogP contribution in [-0.2, 0) is 19.6 Å². The SMILES string of the molecule is NS(=O)(=O)c1ccccc1NC(=O)[C@@H]1CC[C@H](C(=O)O)C1. The van der Waals surface area contributed by atoms with E-state index in [1.165, 1.54) is 18.2 Å². The van der Waals surface area contributed by atoms with Crippen molar-refractivity contribution in [2.45, 2.75) is 24.2 Å². The van der Waals surface area contributed by atoms with E-state index < -0.39 is 27.8 Å². The van der Waals surface area contributed by atoms with Crippen LogP contribution in [0, 0.1) is 11.8 Å². The topological polar surface area (TPSA) is 127 Å². The third-order valence-electron chi connectivity index (χ3n) is 3.60. The number of carboxylic acid groups (broad SMARTS) is 1. The first kappa shape index (κ1) is 15.5. The number of primary sulfonamides is 1. The lowest BCUT2D eigenvalue weighted by Crippen LogP contribution is -2.23. The fraction of sp³-hybridized carbons (Fsp3) is 0.385. The van der Waals surface area contributed by atoms with Crippen LogP contribution in [0.5, 0.6) is 0 Å². The molecule has 1 saturated carbocycles. The van der Waals surface area contributed by atoms with E-state index in [9.17, 15) is 18.0 Å². The lowest BCUT2D eigenvalue weighted by Gasteiger charge is -2.13. The summed E-state index contributed by atoms with van der Waals surface area (Å²) in [5.74, 6) is -2.24. The van der Waals surface area contributed by atoms with Crippen molar-refractivity contribution in [1.29, 1.82) is 0 Å². The van der Waals surface area contributed by atoms with E-state index in [1.807, 2.05) is 0 Å². The van der Waals surface area contributed by atoms with E-state index >= 15 is 0 Å². The molecule has 2 rings (SSSR count). The van der Waals surface area contributed by atoms with Gasteiger partial charge in [0.05, 0.1) is 11.6 Å². The van der Waals surface area contributed by atoms with Crippen molar-refractivity contribution in [3.8, 4) is 0 Å². The largest absolute Gasteiger partial charge is 0.481 e. The van der Waals surface area contributed by atoms with Gasteiger partial charge in [0, 0.05) is 5.92 Å². The van der Waals surface area contributed by atoms with Crippen LogP contribution in [0.25, 0.3) is 0 Å². The number of benzene rings is 1. The first-order valence-corrected chi connectivity index (χ1v) is 7.99. The molecule has 0 saturated heterocycles. The van der Waals surface area contributed by atoms with E-state index in [-0.39, 0.29) is 22.9 Å². The van der Waals surface area contributed by atoms with E-state index in [0.29, 0.717) is 12.8 Å². The van der Waals surface area contributed by atoms with Crippen molar-refractivity contribution >= 4 is 27.6 Å². The van der Waals surface area contributed by atoms with Gasteiger partial charge < -0.3 is 10.4 Å². The van der Waals surface area contributed by atoms with Gasteiger partial charge in [-0.3, -0.25) is 9.59 Å². The highest BCUT2D eigenvalue weighted by Gasteiger charge is 2.34.